The Labute approximate surface area is 284 Å². The van der Waals surface area contributed by atoms with E-state index in [2.05, 4.69) is 5.32 Å². The Kier molecular flexibility index (Phi) is 12.6. The highest BCUT2D eigenvalue weighted by molar-refractivity contribution is 7.92. The number of nitrogens with one attached hydrogen (secondary N) is 1. The van der Waals surface area contributed by atoms with Crippen LogP contribution in [0.2, 0.25) is 0 Å². The highest BCUT2D eigenvalue weighted by Crippen LogP contribution is 2.33. The van der Waals surface area contributed by atoms with Crippen molar-refractivity contribution in [3.63, 3.8) is 0 Å². The van der Waals surface area contributed by atoms with Crippen LogP contribution in [0.1, 0.15) is 43.9 Å². The van der Waals surface area contributed by atoms with Crippen molar-refractivity contribution in [2.24, 2.45) is 0 Å². The van der Waals surface area contributed by atoms with Gasteiger partial charge in [0, 0.05) is 19.0 Å². The van der Waals surface area contributed by atoms with Gasteiger partial charge in [0.1, 0.15) is 24.1 Å². The van der Waals surface area contributed by atoms with Crippen molar-refractivity contribution in [3.8, 4) is 11.5 Å². The van der Waals surface area contributed by atoms with Crippen LogP contribution < -0.4 is 19.1 Å². The molecule has 0 fully saturated rings. The summed E-state index contributed by atoms with van der Waals surface area (Å²) in [7, 11) is -2.71. The molecule has 0 spiro atoms. The first-order valence-corrected chi connectivity index (χ1v) is 17.6. The summed E-state index contributed by atoms with van der Waals surface area (Å²) in [6.45, 7) is 7.31. The maximum atomic E-state index is 14.7. The van der Waals surface area contributed by atoms with Crippen LogP contribution in [0.25, 0.3) is 0 Å². The molecule has 0 heterocycles. The van der Waals surface area contributed by atoms with E-state index in [9.17, 15) is 18.0 Å². The van der Waals surface area contributed by atoms with Crippen molar-refractivity contribution in [1.82, 2.24) is 10.2 Å². The van der Waals surface area contributed by atoms with E-state index in [-0.39, 0.29) is 35.5 Å². The van der Waals surface area contributed by atoms with Crippen molar-refractivity contribution in [2.45, 2.75) is 64.1 Å². The molecule has 0 radical (unpaired) electrons. The third-order valence-electron chi connectivity index (χ3n) is 8.08. The number of sulfonamides is 1. The molecule has 9 nitrogen and oxygen atoms in total. The van der Waals surface area contributed by atoms with Gasteiger partial charge in [-0.05, 0) is 74.7 Å². The molecule has 1 N–H and O–H groups in total. The summed E-state index contributed by atoms with van der Waals surface area (Å²) in [5.41, 5.74) is 2.70. The molecular formula is C38H45N3O6S. The maximum Gasteiger partial charge on any atom is 0.264 e. The fraction of sp³-hybridized carbons (Fsp3) is 0.316. The van der Waals surface area contributed by atoms with Gasteiger partial charge in [0.25, 0.3) is 10.0 Å². The molecule has 0 aromatic heterocycles. The molecule has 10 heteroatoms. The third kappa shape index (κ3) is 9.16. The molecule has 0 aliphatic heterocycles. The summed E-state index contributed by atoms with van der Waals surface area (Å²) in [4.78, 5) is 30.3. The summed E-state index contributed by atoms with van der Waals surface area (Å²) in [5, 5.41) is 3.06. The molecule has 2 atom stereocenters. The van der Waals surface area contributed by atoms with E-state index in [0.29, 0.717) is 24.5 Å². The molecule has 0 aliphatic rings. The summed E-state index contributed by atoms with van der Waals surface area (Å²) in [6.07, 6.45) is 0.920. The van der Waals surface area contributed by atoms with Gasteiger partial charge < -0.3 is 19.7 Å². The van der Waals surface area contributed by atoms with Crippen LogP contribution in [-0.4, -0.2) is 57.5 Å². The van der Waals surface area contributed by atoms with Crippen molar-refractivity contribution in [1.29, 1.82) is 0 Å². The number of amides is 2. The normalized spacial score (nSPS) is 12.4. The number of anilines is 1. The van der Waals surface area contributed by atoms with Crippen molar-refractivity contribution in [3.05, 3.63) is 120 Å². The molecule has 0 bridgehead atoms. The number of carbonyl (C=O) groups is 2. The predicted molar refractivity (Wildman–Crippen MR) is 189 cm³/mol. The lowest BCUT2D eigenvalue weighted by Gasteiger charge is -2.34. The first-order chi connectivity index (χ1) is 23.1. The van der Waals surface area contributed by atoms with Crippen LogP contribution in [0, 0.1) is 6.92 Å². The quantitative estimate of drug-likeness (QED) is 0.153. The molecule has 0 aliphatic carbocycles. The van der Waals surface area contributed by atoms with Gasteiger partial charge in [0.15, 0.2) is 0 Å². The van der Waals surface area contributed by atoms with Gasteiger partial charge in [-0.1, -0.05) is 79.2 Å². The van der Waals surface area contributed by atoms with E-state index in [1.54, 1.807) is 62.6 Å². The molecule has 48 heavy (non-hydrogen) atoms. The van der Waals surface area contributed by atoms with Gasteiger partial charge in [0.05, 0.1) is 24.3 Å². The molecule has 254 valence electrons. The van der Waals surface area contributed by atoms with Gasteiger partial charge in [-0.15, -0.1) is 0 Å². The second-order valence-corrected chi connectivity index (χ2v) is 13.5. The van der Waals surface area contributed by atoms with E-state index >= 15 is 0 Å². The van der Waals surface area contributed by atoms with Gasteiger partial charge in [-0.25, -0.2) is 8.42 Å². The molecule has 4 aromatic rings. The number of benzene rings is 4. The van der Waals surface area contributed by atoms with Crippen molar-refractivity contribution >= 4 is 27.5 Å². The lowest BCUT2D eigenvalue weighted by Crippen LogP contribution is -2.54. The fourth-order valence-electron chi connectivity index (χ4n) is 5.25. The Morgan fingerprint density at radius 1 is 0.854 bits per heavy atom. The first-order valence-electron chi connectivity index (χ1n) is 16.1. The van der Waals surface area contributed by atoms with Crippen molar-refractivity contribution < 1.29 is 27.5 Å². The molecule has 2 amide bonds. The number of methoxy groups -OCH3 is 1. The second kappa shape index (κ2) is 16.8. The van der Waals surface area contributed by atoms with Crippen LogP contribution in [0.3, 0.4) is 0 Å². The maximum absolute atomic E-state index is 14.7. The van der Waals surface area contributed by atoms with Crippen molar-refractivity contribution in [2.75, 3.05) is 24.6 Å². The highest BCUT2D eigenvalue weighted by Gasteiger charge is 2.36. The Morgan fingerprint density at radius 2 is 1.52 bits per heavy atom. The minimum Gasteiger partial charge on any atom is -0.497 e. The van der Waals surface area contributed by atoms with E-state index < -0.39 is 28.5 Å². The molecule has 0 saturated heterocycles. The average Bonchev–Trinajstić information content (AvgIpc) is 3.09. The standard InChI is InChI=1S/C38H45N3O6S/c1-6-29(4)39-38(43)35(25-30-14-9-8-10-15-30)40(26-31-16-13-17-32(24-31)46-5)37(42)27-41(34-18-11-12-19-36(34)47-7-2)48(44,45)33-22-20-28(3)21-23-33/h8-24,29,35H,6-7,25-27H2,1-5H3,(H,39,43). The lowest BCUT2D eigenvalue weighted by molar-refractivity contribution is -0.140. The summed E-state index contributed by atoms with van der Waals surface area (Å²) < 4.78 is 41.1. The van der Waals surface area contributed by atoms with E-state index in [1.807, 2.05) is 63.2 Å². The zero-order valence-corrected chi connectivity index (χ0v) is 29.1. The van der Waals surface area contributed by atoms with Crippen LogP contribution in [0.5, 0.6) is 11.5 Å². The Hall–Kier alpha value is -4.83. The SMILES string of the molecule is CCOc1ccccc1N(CC(=O)N(Cc1cccc(OC)c1)C(Cc1ccccc1)C(=O)NC(C)CC)S(=O)(=O)c1ccc(C)cc1. The molecule has 2 unspecified atom stereocenters. The average molecular weight is 672 g/mol. The molecule has 4 rings (SSSR count). The van der Waals surface area contributed by atoms with E-state index in [0.717, 1.165) is 21.0 Å². The lowest BCUT2D eigenvalue weighted by atomic mass is 10.0. The van der Waals surface area contributed by atoms with Crippen LogP contribution >= 0.6 is 0 Å². The van der Waals surface area contributed by atoms with Crippen LogP contribution in [-0.2, 0) is 32.6 Å². The van der Waals surface area contributed by atoms with Gasteiger partial charge in [-0.2, -0.15) is 0 Å². The number of nitrogens with zero attached hydrogens (tertiary/aromatic N) is 2. The number of para-hydroxylation sites is 2. The summed E-state index contributed by atoms with van der Waals surface area (Å²) in [6, 6.07) is 28.9. The largest absolute Gasteiger partial charge is 0.497 e. The minimum absolute atomic E-state index is 0.0295. The Morgan fingerprint density at radius 3 is 2.19 bits per heavy atom. The predicted octanol–water partition coefficient (Wildman–Crippen LogP) is 6.15. The van der Waals surface area contributed by atoms with E-state index in [4.69, 9.17) is 9.47 Å². The van der Waals surface area contributed by atoms with Gasteiger partial charge in [-0.3, -0.25) is 13.9 Å². The number of carbonyl (C=O) groups excluding carboxylic acids is 2. The van der Waals surface area contributed by atoms with Crippen LogP contribution in [0.4, 0.5) is 5.69 Å². The number of hydrogen-bond donors (Lipinski definition) is 1. The summed E-state index contributed by atoms with van der Waals surface area (Å²) in [5.74, 6) is 0.0307. The third-order valence-corrected chi connectivity index (χ3v) is 9.85. The first kappa shape index (κ1) is 36.0. The fourth-order valence-corrected chi connectivity index (χ4v) is 6.68. The number of hydrogen-bond acceptors (Lipinski definition) is 6. The molecule has 0 saturated carbocycles. The van der Waals surface area contributed by atoms with Gasteiger partial charge >= 0.3 is 0 Å². The zero-order chi connectivity index (χ0) is 34.7. The van der Waals surface area contributed by atoms with E-state index in [1.165, 1.54) is 17.0 Å². The monoisotopic (exact) mass is 671 g/mol. The number of rotatable bonds is 16. The second-order valence-electron chi connectivity index (χ2n) is 11.6. The number of aryl methyl sites for hydroxylation is 1. The van der Waals surface area contributed by atoms with Crippen LogP contribution in [0.15, 0.2) is 108 Å². The molecule has 4 aromatic carbocycles. The smallest absolute Gasteiger partial charge is 0.264 e. The van der Waals surface area contributed by atoms with Gasteiger partial charge in [0.2, 0.25) is 11.8 Å². The summed E-state index contributed by atoms with van der Waals surface area (Å²) >= 11 is 0. The highest BCUT2D eigenvalue weighted by atomic mass is 32.2. The zero-order valence-electron chi connectivity index (χ0n) is 28.3. The number of ether oxygens (including phenoxy) is 2. The Balaban J connectivity index is 1.85. The minimum atomic E-state index is -4.27. The molecular weight excluding hydrogens is 627 g/mol. The topological polar surface area (TPSA) is 105 Å². The Bertz CT molecular complexity index is 1760.